The van der Waals surface area contributed by atoms with E-state index in [1.54, 1.807) is 0 Å². The van der Waals surface area contributed by atoms with E-state index >= 15 is 0 Å². The minimum absolute atomic E-state index is 0.447. The van der Waals surface area contributed by atoms with Crippen molar-refractivity contribution in [2.75, 3.05) is 39.0 Å². The molecule has 1 aliphatic heterocycles. The average Bonchev–Trinajstić information content (AvgIpc) is 2.45. The van der Waals surface area contributed by atoms with Gasteiger partial charge in [0.2, 0.25) is 10.0 Å². The maximum absolute atomic E-state index is 11.1. The van der Waals surface area contributed by atoms with Gasteiger partial charge in [-0.25, -0.2) is 13.1 Å². The SMILES string of the molecule is CS(=O)(=O)NCCN1CCC[C@H](COc2ccccc2Cl)C1. The van der Waals surface area contributed by atoms with E-state index in [1.807, 2.05) is 24.3 Å². The van der Waals surface area contributed by atoms with E-state index in [1.165, 1.54) is 6.26 Å². The topological polar surface area (TPSA) is 58.6 Å². The van der Waals surface area contributed by atoms with Crippen LogP contribution in [0.2, 0.25) is 5.02 Å². The molecule has 5 nitrogen and oxygen atoms in total. The number of likely N-dealkylation sites (tertiary alicyclic amines) is 1. The fourth-order valence-corrected chi connectivity index (χ4v) is 3.30. The van der Waals surface area contributed by atoms with Crippen molar-refractivity contribution < 1.29 is 13.2 Å². The number of nitrogens with one attached hydrogen (secondary N) is 1. The number of ether oxygens (including phenoxy) is 1. The van der Waals surface area contributed by atoms with Gasteiger partial charge in [0.25, 0.3) is 0 Å². The number of piperidine rings is 1. The summed E-state index contributed by atoms with van der Waals surface area (Å²) in [6.45, 7) is 3.76. The standard InChI is InChI=1S/C15H23ClN2O3S/c1-22(19,20)17-8-10-18-9-4-5-13(11-18)12-21-15-7-3-2-6-14(15)16/h2-3,6-7,13,17H,4-5,8-12H2,1H3/t13-/m0/s1. The van der Waals surface area contributed by atoms with Crippen LogP contribution in [0.5, 0.6) is 5.75 Å². The summed E-state index contributed by atoms with van der Waals surface area (Å²) in [6, 6.07) is 7.48. The second-order valence-electron chi connectivity index (χ2n) is 5.72. The van der Waals surface area contributed by atoms with E-state index in [0.29, 0.717) is 24.1 Å². The third-order valence-electron chi connectivity index (χ3n) is 3.71. The molecule has 7 heteroatoms. The van der Waals surface area contributed by atoms with Crippen molar-refractivity contribution in [3.05, 3.63) is 29.3 Å². The lowest BCUT2D eigenvalue weighted by atomic mass is 9.99. The molecular formula is C15H23ClN2O3S. The summed E-state index contributed by atoms with van der Waals surface area (Å²) in [5, 5.41) is 0.632. The number of hydrogen-bond acceptors (Lipinski definition) is 4. The highest BCUT2D eigenvalue weighted by atomic mass is 35.5. The van der Waals surface area contributed by atoms with E-state index in [0.717, 1.165) is 38.2 Å². The maximum atomic E-state index is 11.1. The van der Waals surface area contributed by atoms with E-state index < -0.39 is 10.0 Å². The molecule has 0 aromatic heterocycles. The highest BCUT2D eigenvalue weighted by Gasteiger charge is 2.20. The lowest BCUT2D eigenvalue weighted by Crippen LogP contribution is -2.41. The summed E-state index contributed by atoms with van der Waals surface area (Å²) in [6.07, 6.45) is 3.42. The molecule has 0 radical (unpaired) electrons. The Morgan fingerprint density at radius 2 is 2.18 bits per heavy atom. The third kappa shape index (κ3) is 6.12. The van der Waals surface area contributed by atoms with E-state index in [-0.39, 0.29) is 0 Å². The van der Waals surface area contributed by atoms with E-state index in [4.69, 9.17) is 16.3 Å². The van der Waals surface area contributed by atoms with Gasteiger partial charge < -0.3 is 9.64 Å². The fraction of sp³-hybridized carbons (Fsp3) is 0.600. The number of benzene rings is 1. The van der Waals surface area contributed by atoms with Crippen LogP contribution in [0.15, 0.2) is 24.3 Å². The van der Waals surface area contributed by atoms with Crippen LogP contribution in [0, 0.1) is 5.92 Å². The monoisotopic (exact) mass is 346 g/mol. The van der Waals surface area contributed by atoms with Crippen LogP contribution >= 0.6 is 11.6 Å². The highest BCUT2D eigenvalue weighted by molar-refractivity contribution is 7.88. The Morgan fingerprint density at radius 1 is 1.41 bits per heavy atom. The Morgan fingerprint density at radius 3 is 2.91 bits per heavy atom. The molecular weight excluding hydrogens is 324 g/mol. The first-order valence-electron chi connectivity index (χ1n) is 7.48. The Bertz CT molecular complexity index is 580. The summed E-state index contributed by atoms with van der Waals surface area (Å²) in [7, 11) is -3.11. The molecule has 124 valence electrons. The van der Waals surface area contributed by atoms with Gasteiger partial charge in [-0.1, -0.05) is 23.7 Å². The van der Waals surface area contributed by atoms with Crippen LogP contribution in [0.3, 0.4) is 0 Å². The van der Waals surface area contributed by atoms with E-state index in [9.17, 15) is 8.42 Å². The first-order chi connectivity index (χ1) is 10.4. The molecule has 1 atom stereocenters. The molecule has 1 aromatic carbocycles. The summed E-state index contributed by atoms with van der Waals surface area (Å²) in [5.41, 5.74) is 0. The van der Waals surface area contributed by atoms with Gasteiger partial charge in [0.15, 0.2) is 0 Å². The quantitative estimate of drug-likeness (QED) is 0.820. The Kier molecular flexibility index (Phi) is 6.50. The van der Waals surface area contributed by atoms with Crippen LogP contribution in [0.1, 0.15) is 12.8 Å². The second kappa shape index (κ2) is 8.15. The zero-order valence-electron chi connectivity index (χ0n) is 12.8. The van der Waals surface area contributed by atoms with Gasteiger partial charge in [-0.3, -0.25) is 0 Å². The average molecular weight is 347 g/mol. The third-order valence-corrected chi connectivity index (χ3v) is 4.75. The molecule has 22 heavy (non-hydrogen) atoms. The molecule has 1 saturated heterocycles. The predicted octanol–water partition coefficient (Wildman–Crippen LogP) is 1.98. The van der Waals surface area contributed by atoms with Gasteiger partial charge in [0, 0.05) is 25.6 Å². The second-order valence-corrected chi connectivity index (χ2v) is 7.96. The summed E-state index contributed by atoms with van der Waals surface area (Å²) >= 11 is 6.08. The van der Waals surface area contributed by atoms with E-state index in [2.05, 4.69) is 9.62 Å². The molecule has 0 amide bonds. The first-order valence-corrected chi connectivity index (χ1v) is 9.75. The maximum Gasteiger partial charge on any atom is 0.208 e. The Balaban J connectivity index is 1.75. The van der Waals surface area contributed by atoms with Crippen molar-refractivity contribution in [3.63, 3.8) is 0 Å². The zero-order chi connectivity index (χ0) is 16.0. The molecule has 0 bridgehead atoms. The normalized spacial score (nSPS) is 20.0. The number of para-hydroxylation sites is 1. The van der Waals surface area contributed by atoms with Crippen LogP contribution in [-0.4, -0.2) is 52.4 Å². The molecule has 1 aliphatic rings. The van der Waals surface area contributed by atoms with Gasteiger partial charge >= 0.3 is 0 Å². The van der Waals surface area contributed by atoms with Crippen molar-refractivity contribution in [2.24, 2.45) is 5.92 Å². The predicted molar refractivity (Wildman–Crippen MR) is 89.0 cm³/mol. The highest BCUT2D eigenvalue weighted by Crippen LogP contribution is 2.25. The van der Waals surface area contributed by atoms with Crippen LogP contribution in [0.4, 0.5) is 0 Å². The summed E-state index contributed by atoms with van der Waals surface area (Å²) in [4.78, 5) is 2.28. The van der Waals surface area contributed by atoms with Crippen LogP contribution < -0.4 is 9.46 Å². The molecule has 1 fully saturated rings. The van der Waals surface area contributed by atoms with Crippen molar-refractivity contribution in [3.8, 4) is 5.75 Å². The van der Waals surface area contributed by atoms with Crippen molar-refractivity contribution in [1.29, 1.82) is 0 Å². The zero-order valence-corrected chi connectivity index (χ0v) is 14.4. The van der Waals surface area contributed by atoms with Crippen molar-refractivity contribution in [2.45, 2.75) is 12.8 Å². The molecule has 0 spiro atoms. The number of nitrogens with zero attached hydrogens (tertiary/aromatic N) is 1. The Labute approximate surface area is 137 Å². The molecule has 2 rings (SSSR count). The van der Waals surface area contributed by atoms with Crippen LogP contribution in [0.25, 0.3) is 0 Å². The molecule has 0 saturated carbocycles. The number of sulfonamides is 1. The lowest BCUT2D eigenvalue weighted by Gasteiger charge is -2.32. The number of rotatable bonds is 7. The van der Waals surface area contributed by atoms with Gasteiger partial charge in [0.05, 0.1) is 17.9 Å². The summed E-state index contributed by atoms with van der Waals surface area (Å²) in [5.74, 6) is 1.17. The van der Waals surface area contributed by atoms with Gasteiger partial charge in [-0.2, -0.15) is 0 Å². The lowest BCUT2D eigenvalue weighted by molar-refractivity contribution is 0.132. The van der Waals surface area contributed by atoms with Gasteiger partial charge in [0.1, 0.15) is 5.75 Å². The molecule has 1 aromatic rings. The molecule has 1 heterocycles. The van der Waals surface area contributed by atoms with Crippen molar-refractivity contribution in [1.82, 2.24) is 9.62 Å². The molecule has 0 unspecified atom stereocenters. The van der Waals surface area contributed by atoms with Crippen LogP contribution in [-0.2, 0) is 10.0 Å². The smallest absolute Gasteiger partial charge is 0.208 e. The largest absolute Gasteiger partial charge is 0.492 e. The summed E-state index contributed by atoms with van der Waals surface area (Å²) < 4.78 is 30.5. The first kappa shape index (κ1) is 17.5. The minimum atomic E-state index is -3.11. The Hall–Kier alpha value is -0.820. The fourth-order valence-electron chi connectivity index (χ4n) is 2.65. The number of halogens is 1. The van der Waals surface area contributed by atoms with Crippen molar-refractivity contribution >= 4 is 21.6 Å². The molecule has 1 N–H and O–H groups in total. The van der Waals surface area contributed by atoms with Gasteiger partial charge in [-0.05, 0) is 31.5 Å². The molecule has 0 aliphatic carbocycles. The minimum Gasteiger partial charge on any atom is -0.492 e. The number of hydrogen-bond donors (Lipinski definition) is 1. The van der Waals surface area contributed by atoms with Gasteiger partial charge in [-0.15, -0.1) is 0 Å².